The van der Waals surface area contributed by atoms with Gasteiger partial charge in [0, 0.05) is 23.7 Å². The van der Waals surface area contributed by atoms with E-state index in [9.17, 15) is 14.9 Å². The van der Waals surface area contributed by atoms with E-state index in [1.54, 1.807) is 17.9 Å². The molecule has 110 valence electrons. The molecule has 21 heavy (non-hydrogen) atoms. The van der Waals surface area contributed by atoms with Gasteiger partial charge in [-0.2, -0.15) is 0 Å². The number of nitrogens with zero attached hydrogens (tertiary/aromatic N) is 4. The molecule has 0 radical (unpaired) electrons. The Kier molecular flexibility index (Phi) is 4.91. The van der Waals surface area contributed by atoms with Crippen molar-refractivity contribution in [1.82, 2.24) is 14.8 Å². The minimum atomic E-state index is -0.500. The number of amides is 1. The summed E-state index contributed by atoms with van der Waals surface area (Å²) in [5.74, 6) is -0.0757. The van der Waals surface area contributed by atoms with Crippen LogP contribution in [0.3, 0.4) is 0 Å². The van der Waals surface area contributed by atoms with Crippen LogP contribution in [0.25, 0.3) is 0 Å². The third-order valence-electron chi connectivity index (χ3n) is 2.44. The summed E-state index contributed by atoms with van der Waals surface area (Å²) in [5.41, 5.74) is 0.428. The number of thioether (sulfide) groups is 1. The molecule has 1 amide bonds. The number of anilines is 1. The summed E-state index contributed by atoms with van der Waals surface area (Å²) in [4.78, 5) is 22.0. The number of carbonyl (C=O) groups excluding carboxylic acids is 1. The van der Waals surface area contributed by atoms with Gasteiger partial charge in [0.2, 0.25) is 5.91 Å². The van der Waals surface area contributed by atoms with Gasteiger partial charge >= 0.3 is 0 Å². The third kappa shape index (κ3) is 4.02. The van der Waals surface area contributed by atoms with Crippen LogP contribution >= 0.6 is 27.7 Å². The van der Waals surface area contributed by atoms with Crippen molar-refractivity contribution < 1.29 is 9.72 Å². The summed E-state index contributed by atoms with van der Waals surface area (Å²) < 4.78 is 2.16. The summed E-state index contributed by atoms with van der Waals surface area (Å²) in [5, 5.41) is 21.5. The molecule has 0 aliphatic rings. The maximum Gasteiger partial charge on any atom is 0.270 e. The molecule has 0 saturated carbocycles. The molecule has 0 atom stereocenters. The number of benzene rings is 1. The Labute approximate surface area is 132 Å². The molecule has 0 bridgehead atoms. The first kappa shape index (κ1) is 15.4. The number of hydrogen-bond donors (Lipinski definition) is 1. The van der Waals surface area contributed by atoms with E-state index in [0.717, 1.165) is 0 Å². The van der Waals surface area contributed by atoms with E-state index in [2.05, 4.69) is 31.4 Å². The Morgan fingerprint density at radius 3 is 2.90 bits per heavy atom. The Hall–Kier alpha value is -1.94. The molecule has 0 saturated heterocycles. The number of rotatable bonds is 5. The van der Waals surface area contributed by atoms with Crippen molar-refractivity contribution in [2.45, 2.75) is 5.16 Å². The highest BCUT2D eigenvalue weighted by Gasteiger charge is 2.12. The number of nitrogens with one attached hydrogen (secondary N) is 1. The van der Waals surface area contributed by atoms with Crippen molar-refractivity contribution in [3.05, 3.63) is 39.1 Å². The van der Waals surface area contributed by atoms with Gasteiger partial charge in [0.05, 0.1) is 16.4 Å². The monoisotopic (exact) mass is 371 g/mol. The standard InChI is InChI=1S/C11H10BrN5O3S/c1-16-6-13-15-11(16)21-5-10(18)14-9-3-2-7(17(19)20)4-8(9)12/h2-4,6H,5H2,1H3,(H,14,18). The van der Waals surface area contributed by atoms with E-state index >= 15 is 0 Å². The van der Waals surface area contributed by atoms with Crippen molar-refractivity contribution in [1.29, 1.82) is 0 Å². The average Bonchev–Trinajstić information content (AvgIpc) is 2.84. The fourth-order valence-electron chi connectivity index (χ4n) is 1.44. The van der Waals surface area contributed by atoms with Crippen molar-refractivity contribution >= 4 is 45.0 Å². The van der Waals surface area contributed by atoms with Gasteiger partial charge in [-0.05, 0) is 22.0 Å². The molecule has 8 nitrogen and oxygen atoms in total. The van der Waals surface area contributed by atoms with Crippen molar-refractivity contribution in [3.8, 4) is 0 Å². The SMILES string of the molecule is Cn1cnnc1SCC(=O)Nc1ccc([N+](=O)[O-])cc1Br. The van der Waals surface area contributed by atoms with E-state index in [4.69, 9.17) is 0 Å². The highest BCUT2D eigenvalue weighted by Crippen LogP contribution is 2.27. The minimum Gasteiger partial charge on any atom is -0.324 e. The number of carbonyl (C=O) groups is 1. The number of nitro groups is 1. The van der Waals surface area contributed by atoms with E-state index in [0.29, 0.717) is 15.3 Å². The van der Waals surface area contributed by atoms with Crippen LogP contribution in [-0.2, 0) is 11.8 Å². The predicted molar refractivity (Wildman–Crippen MR) is 81.2 cm³/mol. The van der Waals surface area contributed by atoms with Crippen LogP contribution in [0.5, 0.6) is 0 Å². The fraction of sp³-hybridized carbons (Fsp3) is 0.182. The molecule has 2 aromatic rings. The zero-order valence-corrected chi connectivity index (χ0v) is 13.2. The average molecular weight is 372 g/mol. The molecule has 0 aliphatic heterocycles. The maximum absolute atomic E-state index is 11.8. The van der Waals surface area contributed by atoms with Crippen LogP contribution in [0.1, 0.15) is 0 Å². The summed E-state index contributed by atoms with van der Waals surface area (Å²) in [6.07, 6.45) is 1.55. The maximum atomic E-state index is 11.8. The van der Waals surface area contributed by atoms with Gasteiger partial charge in [-0.3, -0.25) is 14.9 Å². The van der Waals surface area contributed by atoms with Gasteiger partial charge < -0.3 is 9.88 Å². The van der Waals surface area contributed by atoms with Gasteiger partial charge in [0.15, 0.2) is 5.16 Å². The van der Waals surface area contributed by atoms with E-state index in [1.165, 1.54) is 30.0 Å². The highest BCUT2D eigenvalue weighted by molar-refractivity contribution is 9.10. The lowest BCUT2D eigenvalue weighted by Gasteiger charge is -2.06. The van der Waals surface area contributed by atoms with E-state index < -0.39 is 4.92 Å². The Morgan fingerprint density at radius 2 is 2.33 bits per heavy atom. The first-order valence-electron chi connectivity index (χ1n) is 5.68. The highest BCUT2D eigenvalue weighted by atomic mass is 79.9. The number of aryl methyl sites for hydroxylation is 1. The molecule has 1 aromatic carbocycles. The Bertz CT molecular complexity index is 690. The van der Waals surface area contributed by atoms with Crippen LogP contribution in [0.2, 0.25) is 0 Å². The molecule has 0 spiro atoms. The second-order valence-corrected chi connectivity index (χ2v) is 5.78. The Morgan fingerprint density at radius 1 is 1.57 bits per heavy atom. The van der Waals surface area contributed by atoms with Crippen molar-refractivity contribution in [2.75, 3.05) is 11.1 Å². The molecule has 0 fully saturated rings. The molecule has 1 heterocycles. The zero-order valence-electron chi connectivity index (χ0n) is 10.8. The van der Waals surface area contributed by atoms with Gasteiger partial charge in [-0.15, -0.1) is 10.2 Å². The first-order valence-corrected chi connectivity index (χ1v) is 7.46. The fourth-order valence-corrected chi connectivity index (χ4v) is 2.59. The molecular weight excluding hydrogens is 362 g/mol. The van der Waals surface area contributed by atoms with Crippen LogP contribution in [-0.4, -0.2) is 31.3 Å². The lowest BCUT2D eigenvalue weighted by molar-refractivity contribution is -0.384. The second-order valence-electron chi connectivity index (χ2n) is 3.98. The molecular formula is C11H10BrN5O3S. The zero-order chi connectivity index (χ0) is 15.4. The predicted octanol–water partition coefficient (Wildman–Crippen LogP) is 2.22. The smallest absolute Gasteiger partial charge is 0.270 e. The molecule has 1 aromatic heterocycles. The van der Waals surface area contributed by atoms with Crippen molar-refractivity contribution in [3.63, 3.8) is 0 Å². The van der Waals surface area contributed by atoms with Gasteiger partial charge in [-0.1, -0.05) is 11.8 Å². The number of hydrogen-bond acceptors (Lipinski definition) is 6. The molecule has 0 aliphatic carbocycles. The topological polar surface area (TPSA) is 103 Å². The van der Waals surface area contributed by atoms with Crippen LogP contribution in [0.15, 0.2) is 34.2 Å². The van der Waals surface area contributed by atoms with E-state index in [-0.39, 0.29) is 17.3 Å². The number of nitro benzene ring substituents is 1. The summed E-state index contributed by atoms with van der Waals surface area (Å²) in [6, 6.07) is 4.15. The van der Waals surface area contributed by atoms with Crippen LogP contribution in [0, 0.1) is 10.1 Å². The molecule has 2 rings (SSSR count). The minimum absolute atomic E-state index is 0.0478. The lowest BCUT2D eigenvalue weighted by atomic mass is 10.3. The van der Waals surface area contributed by atoms with E-state index in [1.807, 2.05) is 0 Å². The molecule has 1 N–H and O–H groups in total. The van der Waals surface area contributed by atoms with Gasteiger partial charge in [-0.25, -0.2) is 0 Å². The first-order chi connectivity index (χ1) is 9.97. The quantitative estimate of drug-likeness (QED) is 0.490. The summed E-state index contributed by atoms with van der Waals surface area (Å²) >= 11 is 4.44. The van der Waals surface area contributed by atoms with Gasteiger partial charge in [0.25, 0.3) is 5.69 Å². The summed E-state index contributed by atoms with van der Waals surface area (Å²) in [6.45, 7) is 0. The molecule has 10 heteroatoms. The summed E-state index contributed by atoms with van der Waals surface area (Å²) in [7, 11) is 1.78. The lowest BCUT2D eigenvalue weighted by Crippen LogP contribution is -2.14. The van der Waals surface area contributed by atoms with Crippen molar-refractivity contribution in [2.24, 2.45) is 7.05 Å². The number of halogens is 1. The van der Waals surface area contributed by atoms with Gasteiger partial charge in [0.1, 0.15) is 6.33 Å². The third-order valence-corrected chi connectivity index (χ3v) is 4.13. The normalized spacial score (nSPS) is 10.4. The number of aromatic nitrogens is 3. The Balaban J connectivity index is 1.96. The van der Waals surface area contributed by atoms with Crippen LogP contribution in [0.4, 0.5) is 11.4 Å². The second kappa shape index (κ2) is 6.68. The largest absolute Gasteiger partial charge is 0.324 e. The molecule has 0 unspecified atom stereocenters. The van der Waals surface area contributed by atoms with Crippen LogP contribution < -0.4 is 5.32 Å². The number of non-ortho nitro benzene ring substituents is 1.